The highest BCUT2D eigenvalue weighted by atomic mass is 16.7. The van der Waals surface area contributed by atoms with Gasteiger partial charge in [-0.3, -0.25) is 0 Å². The predicted molar refractivity (Wildman–Crippen MR) is 72.4 cm³/mol. The van der Waals surface area contributed by atoms with Crippen molar-refractivity contribution in [1.29, 1.82) is 5.41 Å². The maximum atomic E-state index is 11.7. The van der Waals surface area contributed by atoms with Gasteiger partial charge in [-0.2, -0.15) is 0 Å². The number of rotatable bonds is 2. The Morgan fingerprint density at radius 1 is 1.44 bits per heavy atom. The number of carbonyl (C=O) groups is 1. The Morgan fingerprint density at radius 3 is 2.39 bits per heavy atom. The maximum Gasteiger partial charge on any atom is 0.352 e. The first-order valence-corrected chi connectivity index (χ1v) is 6.26. The number of hydroxylamine groups is 2. The average Bonchev–Trinajstić information content (AvgIpc) is 2.24. The zero-order valence-electron chi connectivity index (χ0n) is 12.3. The molecule has 0 amide bonds. The molecule has 0 aromatic heterocycles. The maximum absolute atomic E-state index is 11.7. The van der Waals surface area contributed by atoms with Crippen LogP contribution in [0, 0.1) is 16.7 Å². The Balaban J connectivity index is 3.03. The van der Waals surface area contributed by atoms with E-state index >= 15 is 0 Å². The van der Waals surface area contributed by atoms with E-state index in [1.165, 1.54) is 0 Å². The smallest absolute Gasteiger partial charge is 0.352 e. The molecule has 0 bridgehead atoms. The van der Waals surface area contributed by atoms with Gasteiger partial charge in [0, 0.05) is 29.2 Å². The fourth-order valence-electron chi connectivity index (χ4n) is 2.15. The van der Waals surface area contributed by atoms with Gasteiger partial charge in [0.15, 0.2) is 0 Å². The number of hydrogen-bond donors (Lipinski definition) is 1. The van der Waals surface area contributed by atoms with E-state index in [2.05, 4.69) is 6.58 Å². The summed E-state index contributed by atoms with van der Waals surface area (Å²) in [5.41, 5.74) is 0.328. The van der Waals surface area contributed by atoms with Crippen LogP contribution < -0.4 is 0 Å². The molecule has 102 valence electrons. The van der Waals surface area contributed by atoms with Crippen LogP contribution in [0.1, 0.15) is 41.5 Å². The second kappa shape index (κ2) is 4.50. The second-order valence-electron chi connectivity index (χ2n) is 6.22. The predicted octanol–water partition coefficient (Wildman–Crippen LogP) is 2.80. The molecule has 1 aliphatic rings. The lowest BCUT2D eigenvalue weighted by Gasteiger charge is -2.53. The monoisotopic (exact) mass is 252 g/mol. The van der Waals surface area contributed by atoms with E-state index in [4.69, 9.17) is 10.2 Å². The summed E-state index contributed by atoms with van der Waals surface area (Å²) in [5.74, 6) is -0.328. The third-order valence-corrected chi connectivity index (χ3v) is 4.30. The first-order valence-electron chi connectivity index (χ1n) is 6.26. The van der Waals surface area contributed by atoms with E-state index in [9.17, 15) is 4.79 Å². The average molecular weight is 252 g/mol. The van der Waals surface area contributed by atoms with Crippen molar-refractivity contribution in [3.8, 4) is 0 Å². The molecule has 0 aromatic rings. The molecule has 0 spiro atoms. The second-order valence-corrected chi connectivity index (χ2v) is 6.22. The summed E-state index contributed by atoms with van der Waals surface area (Å²) in [6.45, 7) is 15.8. The Hall–Kier alpha value is -1.16. The minimum Gasteiger partial charge on any atom is -0.364 e. The molecule has 1 unspecified atom stereocenters. The number of piperidine rings is 1. The lowest BCUT2D eigenvalue weighted by molar-refractivity contribution is -0.233. The van der Waals surface area contributed by atoms with Gasteiger partial charge in [-0.15, -0.1) is 5.06 Å². The summed E-state index contributed by atoms with van der Waals surface area (Å²) < 4.78 is 0. The molecule has 0 aromatic carbocycles. The van der Waals surface area contributed by atoms with E-state index in [1.54, 1.807) is 12.0 Å². The van der Waals surface area contributed by atoms with Crippen molar-refractivity contribution in [2.45, 2.75) is 47.1 Å². The largest absolute Gasteiger partial charge is 0.364 e. The Labute approximate surface area is 109 Å². The molecule has 1 rings (SSSR count). The highest BCUT2D eigenvalue weighted by Crippen LogP contribution is 2.43. The van der Waals surface area contributed by atoms with Crippen LogP contribution in [0.2, 0.25) is 0 Å². The van der Waals surface area contributed by atoms with E-state index in [-0.39, 0.29) is 11.3 Å². The van der Waals surface area contributed by atoms with Gasteiger partial charge < -0.3 is 10.2 Å². The lowest BCUT2D eigenvalue weighted by atomic mass is 9.65. The summed E-state index contributed by atoms with van der Waals surface area (Å²) in [6.07, 6.45) is 0. The molecule has 1 N–H and O–H groups in total. The van der Waals surface area contributed by atoms with Crippen LogP contribution in [0.4, 0.5) is 0 Å². The summed E-state index contributed by atoms with van der Waals surface area (Å²) in [4.78, 5) is 17.1. The Kier molecular flexibility index (Phi) is 3.73. The standard InChI is InChI=1S/C14H24N2O2/c1-9(2)12(17)18-16-8-10(3)11(15)13(4,5)14(16,6)7/h10,15H,1,8H2,2-7H3. The molecular weight excluding hydrogens is 228 g/mol. The summed E-state index contributed by atoms with van der Waals surface area (Å²) in [5, 5.41) is 9.93. The first kappa shape index (κ1) is 14.9. The number of nitrogens with one attached hydrogen (secondary N) is 1. The molecule has 1 fully saturated rings. The molecule has 1 saturated heterocycles. The fraction of sp³-hybridized carbons (Fsp3) is 0.714. The van der Waals surface area contributed by atoms with Crippen molar-refractivity contribution >= 4 is 11.7 Å². The number of hydrogen-bond acceptors (Lipinski definition) is 4. The SMILES string of the molecule is C=C(C)C(=O)ON1CC(C)C(=N)C(C)(C)C1(C)C. The van der Waals surface area contributed by atoms with Crippen LogP contribution in [-0.4, -0.2) is 28.8 Å². The minimum absolute atomic E-state index is 0.0750. The first-order chi connectivity index (χ1) is 8.01. The van der Waals surface area contributed by atoms with Crippen LogP contribution in [0.15, 0.2) is 12.2 Å². The Bertz CT molecular complexity index is 397. The van der Waals surface area contributed by atoms with Crippen molar-refractivity contribution in [1.82, 2.24) is 5.06 Å². The zero-order valence-corrected chi connectivity index (χ0v) is 12.3. The van der Waals surface area contributed by atoms with Crippen molar-refractivity contribution < 1.29 is 9.63 Å². The Morgan fingerprint density at radius 2 is 1.94 bits per heavy atom. The van der Waals surface area contributed by atoms with Crippen LogP contribution >= 0.6 is 0 Å². The van der Waals surface area contributed by atoms with Crippen molar-refractivity contribution in [2.24, 2.45) is 11.3 Å². The van der Waals surface area contributed by atoms with Gasteiger partial charge in [0.2, 0.25) is 0 Å². The van der Waals surface area contributed by atoms with Crippen molar-refractivity contribution in [2.75, 3.05) is 6.54 Å². The highest BCUT2D eigenvalue weighted by molar-refractivity contribution is 5.91. The molecule has 0 aliphatic carbocycles. The van der Waals surface area contributed by atoms with Gasteiger partial charge in [-0.1, -0.05) is 27.4 Å². The number of nitrogens with zero attached hydrogens (tertiary/aromatic N) is 1. The summed E-state index contributed by atoms with van der Waals surface area (Å²) >= 11 is 0. The van der Waals surface area contributed by atoms with Gasteiger partial charge >= 0.3 is 5.97 Å². The van der Waals surface area contributed by atoms with Crippen LogP contribution in [0.25, 0.3) is 0 Å². The van der Waals surface area contributed by atoms with Gasteiger partial charge in [-0.25, -0.2) is 4.79 Å². The lowest BCUT2D eigenvalue weighted by Crippen LogP contribution is -2.64. The van der Waals surface area contributed by atoms with E-state index in [1.807, 2.05) is 34.6 Å². The van der Waals surface area contributed by atoms with E-state index < -0.39 is 11.5 Å². The van der Waals surface area contributed by atoms with E-state index in [0.29, 0.717) is 17.8 Å². The van der Waals surface area contributed by atoms with Crippen LogP contribution in [0.5, 0.6) is 0 Å². The molecule has 4 heteroatoms. The third kappa shape index (κ3) is 2.21. The van der Waals surface area contributed by atoms with Gasteiger partial charge in [0.05, 0.1) is 5.54 Å². The third-order valence-electron chi connectivity index (χ3n) is 4.30. The molecular formula is C14H24N2O2. The van der Waals surface area contributed by atoms with Crippen LogP contribution in [-0.2, 0) is 9.63 Å². The highest BCUT2D eigenvalue weighted by Gasteiger charge is 2.52. The van der Waals surface area contributed by atoms with Crippen molar-refractivity contribution in [3.63, 3.8) is 0 Å². The van der Waals surface area contributed by atoms with E-state index in [0.717, 1.165) is 0 Å². The molecule has 1 aliphatic heterocycles. The summed E-state index contributed by atoms with van der Waals surface area (Å²) in [6, 6.07) is 0. The minimum atomic E-state index is -0.415. The quantitative estimate of drug-likeness (QED) is 0.769. The fourth-order valence-corrected chi connectivity index (χ4v) is 2.15. The van der Waals surface area contributed by atoms with Crippen LogP contribution in [0.3, 0.4) is 0 Å². The molecule has 0 radical (unpaired) electrons. The normalized spacial score (nSPS) is 26.8. The topological polar surface area (TPSA) is 53.4 Å². The molecule has 4 nitrogen and oxygen atoms in total. The zero-order chi connectivity index (χ0) is 14.3. The molecule has 1 heterocycles. The molecule has 0 saturated carbocycles. The summed E-state index contributed by atoms with van der Waals surface area (Å²) in [7, 11) is 0. The van der Waals surface area contributed by atoms with Gasteiger partial charge in [0.25, 0.3) is 0 Å². The van der Waals surface area contributed by atoms with Gasteiger partial charge in [-0.05, 0) is 20.8 Å². The molecule has 1 atom stereocenters. The number of carbonyl (C=O) groups excluding carboxylic acids is 1. The van der Waals surface area contributed by atoms with Gasteiger partial charge in [0.1, 0.15) is 0 Å². The molecule has 18 heavy (non-hydrogen) atoms. The van der Waals surface area contributed by atoms with Crippen molar-refractivity contribution in [3.05, 3.63) is 12.2 Å².